The smallest absolute Gasteiger partial charge is 0.263 e. The molecule has 2 aromatic rings. The number of halogens is 3. The number of nitrogens with one attached hydrogen (secondary N) is 1. The lowest BCUT2D eigenvalue weighted by Crippen LogP contribution is -2.13. The first-order valence-corrected chi connectivity index (χ1v) is 5.42. The van der Waals surface area contributed by atoms with E-state index in [0.717, 1.165) is 0 Å². The Balaban J connectivity index is 2.44. The number of nitrogens with zero attached hydrogens (tertiary/aromatic N) is 2. The number of hydrogen-bond acceptors (Lipinski definition) is 4. The van der Waals surface area contributed by atoms with Gasteiger partial charge in [0.1, 0.15) is 0 Å². The molecule has 1 heterocycles. The van der Waals surface area contributed by atoms with Gasteiger partial charge in [-0.25, -0.2) is 29.0 Å². The third kappa shape index (κ3) is 2.65. The fraction of sp³-hybridized carbons (Fsp3) is 0.167. The number of aryl methyl sites for hydroxylation is 1. The van der Waals surface area contributed by atoms with Crippen LogP contribution in [0.3, 0.4) is 0 Å². The highest BCUT2D eigenvalue weighted by molar-refractivity contribution is 5.58. The summed E-state index contributed by atoms with van der Waals surface area (Å²) < 4.78 is 38.4. The van der Waals surface area contributed by atoms with E-state index in [2.05, 4.69) is 15.4 Å². The number of nitrogen functional groups attached to an aromatic ring is 1. The van der Waals surface area contributed by atoms with Gasteiger partial charge in [0.2, 0.25) is 0 Å². The Hall–Kier alpha value is -2.15. The van der Waals surface area contributed by atoms with Crippen LogP contribution in [0.15, 0.2) is 24.3 Å². The van der Waals surface area contributed by atoms with Gasteiger partial charge in [0.05, 0.1) is 5.69 Å². The summed E-state index contributed by atoms with van der Waals surface area (Å²) in [7, 11) is 0. The molecule has 0 saturated carbocycles. The van der Waals surface area contributed by atoms with Crippen molar-refractivity contribution in [3.63, 3.8) is 0 Å². The van der Waals surface area contributed by atoms with E-state index >= 15 is 0 Å². The van der Waals surface area contributed by atoms with Gasteiger partial charge in [-0.3, -0.25) is 0 Å². The topological polar surface area (TPSA) is 63.8 Å². The molecule has 0 radical (unpaired) electrons. The minimum atomic E-state index is -2.54. The van der Waals surface area contributed by atoms with Crippen molar-refractivity contribution in [2.45, 2.75) is 13.3 Å². The predicted octanol–water partition coefficient (Wildman–Crippen LogP) is 2.81. The SMILES string of the molecule is Cc1nc(-c2ccc(C(F)F)cc2)nc(NN)c1F. The fourth-order valence-electron chi connectivity index (χ4n) is 1.56. The second kappa shape index (κ2) is 5.23. The summed E-state index contributed by atoms with van der Waals surface area (Å²) in [6, 6.07) is 5.46. The Morgan fingerprint density at radius 2 is 1.79 bits per heavy atom. The van der Waals surface area contributed by atoms with Crippen LogP contribution in [0.5, 0.6) is 0 Å². The molecule has 0 aliphatic heterocycles. The quantitative estimate of drug-likeness (QED) is 0.663. The number of nitrogens with two attached hydrogens (primary N) is 1. The molecule has 0 fully saturated rings. The molecule has 19 heavy (non-hydrogen) atoms. The summed E-state index contributed by atoms with van der Waals surface area (Å²) in [5.74, 6) is 4.58. The molecule has 0 unspecified atom stereocenters. The van der Waals surface area contributed by atoms with Crippen molar-refractivity contribution in [3.05, 3.63) is 41.3 Å². The molecule has 0 spiro atoms. The molecule has 1 aromatic carbocycles. The molecule has 0 aliphatic carbocycles. The molecule has 4 nitrogen and oxygen atoms in total. The Bertz CT molecular complexity index is 584. The van der Waals surface area contributed by atoms with Gasteiger partial charge in [0.25, 0.3) is 6.43 Å². The Morgan fingerprint density at radius 3 is 2.32 bits per heavy atom. The first-order chi connectivity index (χ1) is 9.02. The highest BCUT2D eigenvalue weighted by Crippen LogP contribution is 2.24. The lowest BCUT2D eigenvalue weighted by molar-refractivity contribution is 0.151. The van der Waals surface area contributed by atoms with Crippen molar-refractivity contribution in [2.75, 3.05) is 5.43 Å². The molecular formula is C12H11F3N4. The zero-order chi connectivity index (χ0) is 14.0. The highest BCUT2D eigenvalue weighted by Gasteiger charge is 2.12. The van der Waals surface area contributed by atoms with Crippen LogP contribution in [0.4, 0.5) is 19.0 Å². The van der Waals surface area contributed by atoms with E-state index in [1.165, 1.54) is 31.2 Å². The molecule has 100 valence electrons. The molecule has 1 aromatic heterocycles. The van der Waals surface area contributed by atoms with Crippen LogP contribution in [0.1, 0.15) is 17.7 Å². The van der Waals surface area contributed by atoms with Crippen molar-refractivity contribution in [3.8, 4) is 11.4 Å². The van der Waals surface area contributed by atoms with Crippen molar-refractivity contribution in [2.24, 2.45) is 5.84 Å². The average molecular weight is 268 g/mol. The number of rotatable bonds is 3. The summed E-state index contributed by atoms with van der Waals surface area (Å²) in [4.78, 5) is 7.84. The lowest BCUT2D eigenvalue weighted by Gasteiger charge is -2.07. The molecule has 0 bridgehead atoms. The standard InChI is InChI=1S/C12H11F3N4/c1-6-9(13)12(19-16)18-11(17-6)8-4-2-7(3-5-8)10(14)15/h2-5,10H,16H2,1H3,(H,17,18,19). The molecule has 2 rings (SSSR count). The zero-order valence-corrected chi connectivity index (χ0v) is 9.99. The van der Waals surface area contributed by atoms with Gasteiger partial charge in [0, 0.05) is 11.1 Å². The summed E-state index contributed by atoms with van der Waals surface area (Å²) in [6.07, 6.45) is -2.54. The van der Waals surface area contributed by atoms with Gasteiger partial charge in [-0.05, 0) is 6.92 Å². The Labute approximate surface area is 107 Å². The van der Waals surface area contributed by atoms with Crippen LogP contribution in [-0.4, -0.2) is 9.97 Å². The van der Waals surface area contributed by atoms with Crippen LogP contribution in [0.25, 0.3) is 11.4 Å². The van der Waals surface area contributed by atoms with Crippen molar-refractivity contribution in [1.29, 1.82) is 0 Å². The first kappa shape index (κ1) is 13.3. The molecule has 0 saturated heterocycles. The molecule has 3 N–H and O–H groups in total. The van der Waals surface area contributed by atoms with Crippen LogP contribution >= 0.6 is 0 Å². The van der Waals surface area contributed by atoms with E-state index in [4.69, 9.17) is 5.84 Å². The number of hydrogen-bond donors (Lipinski definition) is 2. The third-order valence-corrected chi connectivity index (χ3v) is 2.57. The third-order valence-electron chi connectivity index (χ3n) is 2.57. The highest BCUT2D eigenvalue weighted by atomic mass is 19.3. The summed E-state index contributed by atoms with van der Waals surface area (Å²) >= 11 is 0. The number of aromatic nitrogens is 2. The van der Waals surface area contributed by atoms with Gasteiger partial charge in [-0.1, -0.05) is 24.3 Å². The van der Waals surface area contributed by atoms with Crippen LogP contribution < -0.4 is 11.3 Å². The predicted molar refractivity (Wildman–Crippen MR) is 64.9 cm³/mol. The van der Waals surface area contributed by atoms with Gasteiger partial charge in [-0.15, -0.1) is 0 Å². The van der Waals surface area contributed by atoms with E-state index in [1.807, 2.05) is 0 Å². The van der Waals surface area contributed by atoms with E-state index in [-0.39, 0.29) is 22.9 Å². The minimum absolute atomic E-state index is 0.0974. The second-order valence-corrected chi connectivity index (χ2v) is 3.86. The molecule has 0 aliphatic rings. The fourth-order valence-corrected chi connectivity index (χ4v) is 1.56. The maximum atomic E-state index is 13.5. The second-order valence-electron chi connectivity index (χ2n) is 3.86. The van der Waals surface area contributed by atoms with Crippen LogP contribution in [0, 0.1) is 12.7 Å². The van der Waals surface area contributed by atoms with Crippen LogP contribution in [0.2, 0.25) is 0 Å². The minimum Gasteiger partial charge on any atom is -0.306 e. The summed E-state index contributed by atoms with van der Waals surface area (Å²) in [6.45, 7) is 1.47. The first-order valence-electron chi connectivity index (χ1n) is 5.42. The van der Waals surface area contributed by atoms with E-state index < -0.39 is 12.2 Å². The van der Waals surface area contributed by atoms with Crippen molar-refractivity contribution >= 4 is 5.82 Å². The number of benzene rings is 1. The molecule has 0 atom stereocenters. The molecular weight excluding hydrogens is 257 g/mol. The van der Waals surface area contributed by atoms with Crippen molar-refractivity contribution < 1.29 is 13.2 Å². The van der Waals surface area contributed by atoms with E-state index in [1.54, 1.807) is 0 Å². The van der Waals surface area contributed by atoms with Gasteiger partial charge in [-0.2, -0.15) is 0 Å². The van der Waals surface area contributed by atoms with Gasteiger partial charge >= 0.3 is 0 Å². The maximum absolute atomic E-state index is 13.5. The average Bonchev–Trinajstić information content (AvgIpc) is 2.41. The zero-order valence-electron chi connectivity index (χ0n) is 9.99. The number of anilines is 1. The maximum Gasteiger partial charge on any atom is 0.263 e. The summed E-state index contributed by atoms with van der Waals surface area (Å²) in [5, 5.41) is 0. The van der Waals surface area contributed by atoms with E-state index in [0.29, 0.717) is 5.56 Å². The number of hydrazine groups is 1. The van der Waals surface area contributed by atoms with Crippen LogP contribution in [-0.2, 0) is 0 Å². The monoisotopic (exact) mass is 268 g/mol. The molecule has 0 amide bonds. The Morgan fingerprint density at radius 1 is 1.16 bits per heavy atom. The number of alkyl halides is 2. The largest absolute Gasteiger partial charge is 0.306 e. The van der Waals surface area contributed by atoms with Gasteiger partial charge in [0.15, 0.2) is 17.5 Å². The van der Waals surface area contributed by atoms with Crippen molar-refractivity contribution in [1.82, 2.24) is 9.97 Å². The summed E-state index contributed by atoms with van der Waals surface area (Å²) in [5.41, 5.74) is 2.66. The lowest BCUT2D eigenvalue weighted by atomic mass is 10.1. The normalized spacial score (nSPS) is 10.8. The molecule has 7 heteroatoms. The Kier molecular flexibility index (Phi) is 3.66. The van der Waals surface area contributed by atoms with E-state index in [9.17, 15) is 13.2 Å². The van der Waals surface area contributed by atoms with Gasteiger partial charge < -0.3 is 5.43 Å².